The van der Waals surface area contributed by atoms with Crippen molar-refractivity contribution in [2.24, 2.45) is 11.8 Å². The highest BCUT2D eigenvalue weighted by Gasteiger charge is 2.42. The van der Waals surface area contributed by atoms with Gasteiger partial charge < -0.3 is 9.47 Å². The maximum atomic E-state index is 13.1. The first-order valence-corrected chi connectivity index (χ1v) is 12.0. The van der Waals surface area contributed by atoms with E-state index in [9.17, 15) is 22.8 Å². The number of anilines is 1. The Hall–Kier alpha value is -2.52. The quantitative estimate of drug-likeness (QED) is 0.333. The van der Waals surface area contributed by atoms with Crippen LogP contribution in [0.4, 0.5) is 23.8 Å². The Kier molecular flexibility index (Phi) is 9.05. The summed E-state index contributed by atoms with van der Waals surface area (Å²) in [6.45, 7) is 13.0. The number of amides is 1. The highest BCUT2D eigenvalue weighted by Crippen LogP contribution is 2.40. The van der Waals surface area contributed by atoms with Crippen molar-refractivity contribution in [1.82, 2.24) is 9.99 Å². The fraction of sp³-hybridized carbons (Fsp3) is 0.720. The maximum Gasteiger partial charge on any atom is 0.429 e. The lowest BCUT2D eigenvalue weighted by molar-refractivity contribution is -0.184. The van der Waals surface area contributed by atoms with Crippen LogP contribution in [-0.4, -0.2) is 52.5 Å². The van der Waals surface area contributed by atoms with E-state index in [0.717, 1.165) is 0 Å². The number of nitrogens with zero attached hydrogens (tertiary/aromatic N) is 3. The molecule has 0 aliphatic heterocycles. The molecule has 1 heterocycles. The van der Waals surface area contributed by atoms with Gasteiger partial charge in [-0.3, -0.25) is 5.01 Å². The van der Waals surface area contributed by atoms with E-state index < -0.39 is 35.4 Å². The molecule has 1 aliphatic carbocycles. The maximum absolute atomic E-state index is 13.1. The molecule has 0 atom stereocenters. The van der Waals surface area contributed by atoms with Crippen LogP contribution in [0.1, 0.15) is 84.5 Å². The van der Waals surface area contributed by atoms with Crippen molar-refractivity contribution < 1.29 is 32.2 Å². The Balaban J connectivity index is 2.23. The van der Waals surface area contributed by atoms with Gasteiger partial charge in [0.05, 0.1) is 11.5 Å². The lowest BCUT2D eigenvalue weighted by atomic mass is 9.81. The minimum Gasteiger partial charge on any atom is -0.456 e. The Morgan fingerprint density at radius 3 is 1.97 bits per heavy atom. The Morgan fingerprint density at radius 1 is 0.971 bits per heavy atom. The Labute approximate surface area is 205 Å². The summed E-state index contributed by atoms with van der Waals surface area (Å²) in [5, 5.41) is 3.04. The van der Waals surface area contributed by atoms with Gasteiger partial charge in [-0.25, -0.2) is 19.6 Å². The van der Waals surface area contributed by atoms with Crippen molar-refractivity contribution in [3.8, 4) is 0 Å². The number of esters is 1. The van der Waals surface area contributed by atoms with Crippen molar-refractivity contribution in [3.05, 3.63) is 23.9 Å². The number of hydrogen-bond acceptors (Lipinski definition) is 6. The Morgan fingerprint density at radius 2 is 1.54 bits per heavy atom. The largest absolute Gasteiger partial charge is 0.456 e. The van der Waals surface area contributed by atoms with Crippen LogP contribution < -0.4 is 5.01 Å². The van der Waals surface area contributed by atoms with Gasteiger partial charge in [0.15, 0.2) is 0 Å². The molecule has 0 saturated heterocycles. The summed E-state index contributed by atoms with van der Waals surface area (Å²) < 4.78 is 50.3. The second kappa shape index (κ2) is 11.0. The number of rotatable bonds is 6. The predicted octanol–water partition coefficient (Wildman–Crippen LogP) is 6.38. The smallest absolute Gasteiger partial charge is 0.429 e. The fourth-order valence-electron chi connectivity index (χ4n) is 3.96. The first kappa shape index (κ1) is 28.7. The normalized spacial score (nSPS) is 19.1. The van der Waals surface area contributed by atoms with Crippen molar-refractivity contribution in [2.45, 2.75) is 91.5 Å². The van der Waals surface area contributed by atoms with Crippen LogP contribution in [0, 0.1) is 11.8 Å². The van der Waals surface area contributed by atoms with Gasteiger partial charge >= 0.3 is 18.2 Å². The minimum atomic E-state index is -4.19. The first-order chi connectivity index (χ1) is 16.0. The van der Waals surface area contributed by atoms with E-state index in [0.29, 0.717) is 25.2 Å². The molecule has 0 bridgehead atoms. The number of alkyl halides is 3. The predicted molar refractivity (Wildman–Crippen MR) is 127 cm³/mol. The third-order valence-electron chi connectivity index (χ3n) is 5.58. The molecule has 2 rings (SSSR count). The van der Waals surface area contributed by atoms with E-state index in [4.69, 9.17) is 9.47 Å². The number of hydrazine groups is 1. The van der Waals surface area contributed by atoms with Crippen molar-refractivity contribution in [1.29, 1.82) is 0 Å². The molecule has 1 fully saturated rings. The average Bonchev–Trinajstić information content (AvgIpc) is 2.71. The summed E-state index contributed by atoms with van der Waals surface area (Å²) in [7, 11) is 0. The van der Waals surface area contributed by atoms with E-state index in [2.05, 4.69) is 4.98 Å². The number of halogens is 3. The number of aromatic nitrogens is 1. The van der Waals surface area contributed by atoms with Crippen LogP contribution in [0.2, 0.25) is 0 Å². The second-order valence-corrected chi connectivity index (χ2v) is 10.9. The topological polar surface area (TPSA) is 72.0 Å². The zero-order chi connectivity index (χ0) is 26.6. The molecule has 1 aromatic rings. The number of carbonyl (C=O) groups is 2. The van der Waals surface area contributed by atoms with Crippen molar-refractivity contribution in [2.75, 3.05) is 18.1 Å². The van der Waals surface area contributed by atoms with Gasteiger partial charge in [-0.15, -0.1) is 0 Å². The molecular formula is C25H38F3N3O4. The standard InChI is InChI=1S/C25H38F3N3O4/c1-8-30(20-14-11-18(15-29-20)21(32)34-23(2,3)4)31(22(33)35-24(5,6)7)16-17-9-12-19(13-10-17)25(26,27)28/h11,14-15,17,19H,8-10,12-13,16H2,1-7H3/t17-,19-. The molecule has 0 aromatic carbocycles. The van der Waals surface area contributed by atoms with Gasteiger partial charge in [-0.05, 0) is 92.2 Å². The SMILES string of the molecule is CCN(c1ccc(C(=O)OC(C)(C)C)cn1)N(C[C@H]1CC[C@H](C(F)(F)F)CC1)C(=O)OC(C)(C)C. The highest BCUT2D eigenvalue weighted by molar-refractivity contribution is 5.89. The number of ether oxygens (including phenoxy) is 2. The minimum absolute atomic E-state index is 0.0469. The molecule has 10 heteroatoms. The van der Waals surface area contributed by atoms with Gasteiger partial charge in [0.25, 0.3) is 0 Å². The summed E-state index contributed by atoms with van der Waals surface area (Å²) in [6.07, 6.45) is -2.58. The highest BCUT2D eigenvalue weighted by atomic mass is 19.4. The van der Waals surface area contributed by atoms with Crippen molar-refractivity contribution in [3.63, 3.8) is 0 Å². The van der Waals surface area contributed by atoms with Gasteiger partial charge in [0.2, 0.25) is 0 Å². The summed E-state index contributed by atoms with van der Waals surface area (Å²) >= 11 is 0. The van der Waals surface area contributed by atoms with Gasteiger partial charge in [-0.2, -0.15) is 13.2 Å². The molecule has 0 unspecified atom stereocenters. The van der Waals surface area contributed by atoms with Crippen LogP contribution in [0.5, 0.6) is 0 Å². The molecule has 1 amide bonds. The molecule has 7 nitrogen and oxygen atoms in total. The van der Waals surface area contributed by atoms with Crippen LogP contribution in [0.25, 0.3) is 0 Å². The van der Waals surface area contributed by atoms with Crippen LogP contribution in [0.3, 0.4) is 0 Å². The fourth-order valence-corrected chi connectivity index (χ4v) is 3.96. The molecule has 1 saturated carbocycles. The monoisotopic (exact) mass is 501 g/mol. The molecule has 0 N–H and O–H groups in total. The summed E-state index contributed by atoms with van der Waals surface area (Å²) in [5.74, 6) is -1.49. The number of hydrogen-bond donors (Lipinski definition) is 0. The van der Waals surface area contributed by atoms with E-state index >= 15 is 0 Å². The van der Waals surface area contributed by atoms with Crippen LogP contribution in [-0.2, 0) is 9.47 Å². The van der Waals surface area contributed by atoms with Gasteiger partial charge in [0, 0.05) is 19.3 Å². The summed E-state index contributed by atoms with van der Waals surface area (Å²) in [6, 6.07) is 3.18. The second-order valence-electron chi connectivity index (χ2n) is 10.9. The van der Waals surface area contributed by atoms with E-state index in [-0.39, 0.29) is 30.9 Å². The average molecular weight is 502 g/mol. The first-order valence-electron chi connectivity index (χ1n) is 12.0. The molecule has 0 spiro atoms. The van der Waals surface area contributed by atoms with Gasteiger partial charge in [-0.1, -0.05) is 0 Å². The Bertz CT molecular complexity index is 853. The van der Waals surface area contributed by atoms with Gasteiger partial charge in [0.1, 0.15) is 17.0 Å². The van der Waals surface area contributed by atoms with E-state index in [1.807, 2.05) is 6.92 Å². The zero-order valence-electron chi connectivity index (χ0n) is 21.7. The lowest BCUT2D eigenvalue weighted by Crippen LogP contribution is -2.51. The van der Waals surface area contributed by atoms with E-state index in [1.165, 1.54) is 11.2 Å². The molecule has 35 heavy (non-hydrogen) atoms. The van der Waals surface area contributed by atoms with Crippen LogP contribution in [0.15, 0.2) is 18.3 Å². The molecule has 1 aromatic heterocycles. The third-order valence-corrected chi connectivity index (χ3v) is 5.58. The van der Waals surface area contributed by atoms with Crippen molar-refractivity contribution >= 4 is 17.9 Å². The van der Waals surface area contributed by atoms with E-state index in [1.54, 1.807) is 58.7 Å². The molecular weight excluding hydrogens is 463 g/mol. The lowest BCUT2D eigenvalue weighted by Gasteiger charge is -2.39. The molecule has 1 aliphatic rings. The number of carbonyl (C=O) groups excluding carboxylic acids is 2. The van der Waals surface area contributed by atoms with Crippen LogP contribution >= 0.6 is 0 Å². The molecule has 198 valence electrons. The number of pyridine rings is 1. The summed E-state index contributed by atoms with van der Waals surface area (Å²) in [5.41, 5.74) is -1.13. The summed E-state index contributed by atoms with van der Waals surface area (Å²) in [4.78, 5) is 29.8. The molecule has 0 radical (unpaired) electrons. The third kappa shape index (κ3) is 8.89. The zero-order valence-corrected chi connectivity index (χ0v) is 21.7.